The molecule has 0 N–H and O–H groups in total. The Morgan fingerprint density at radius 2 is 1.74 bits per heavy atom. The molecule has 0 aliphatic rings. The van der Waals surface area contributed by atoms with Gasteiger partial charge < -0.3 is 4.74 Å². The van der Waals surface area contributed by atoms with Crippen molar-refractivity contribution in [3.63, 3.8) is 0 Å². The van der Waals surface area contributed by atoms with E-state index in [1.54, 1.807) is 44.2 Å². The van der Waals surface area contributed by atoms with E-state index in [-0.39, 0.29) is 11.2 Å². The van der Waals surface area contributed by atoms with E-state index in [1.165, 1.54) is 11.6 Å². The number of benzene rings is 1. The van der Waals surface area contributed by atoms with Crippen LogP contribution in [-0.2, 0) is 6.18 Å². The lowest BCUT2D eigenvalue weighted by Gasteiger charge is -2.07. The standard InChI is InChI=1S/C16H14F3N3O/c1-9-8-10(2)22-15(20-9)13(14(21-22)16(17,18)19)11-4-6-12(23-3)7-5-11/h4-8H,1-3H3. The number of ether oxygens (including phenoxy) is 1. The summed E-state index contributed by atoms with van der Waals surface area (Å²) in [6.07, 6.45) is -4.57. The van der Waals surface area contributed by atoms with Crippen molar-refractivity contribution >= 4 is 5.65 Å². The highest BCUT2D eigenvalue weighted by Gasteiger charge is 2.39. The highest BCUT2D eigenvalue weighted by molar-refractivity contribution is 5.81. The van der Waals surface area contributed by atoms with Crippen LogP contribution in [0.5, 0.6) is 5.75 Å². The maximum Gasteiger partial charge on any atom is 0.435 e. The first-order valence-electron chi connectivity index (χ1n) is 6.90. The van der Waals surface area contributed by atoms with Gasteiger partial charge in [0.15, 0.2) is 11.3 Å². The van der Waals surface area contributed by atoms with Crippen LogP contribution < -0.4 is 4.74 Å². The van der Waals surface area contributed by atoms with Gasteiger partial charge in [-0.25, -0.2) is 9.50 Å². The van der Waals surface area contributed by atoms with E-state index in [0.717, 1.165) is 0 Å². The number of alkyl halides is 3. The van der Waals surface area contributed by atoms with Gasteiger partial charge in [0.25, 0.3) is 0 Å². The van der Waals surface area contributed by atoms with Crippen LogP contribution in [0.15, 0.2) is 30.3 Å². The molecule has 3 rings (SSSR count). The van der Waals surface area contributed by atoms with Gasteiger partial charge in [0.05, 0.1) is 12.7 Å². The van der Waals surface area contributed by atoms with Crippen molar-refractivity contribution < 1.29 is 17.9 Å². The molecule has 0 aliphatic heterocycles. The van der Waals surface area contributed by atoms with E-state index < -0.39 is 11.9 Å². The Morgan fingerprint density at radius 1 is 1.09 bits per heavy atom. The molecule has 1 aromatic carbocycles. The van der Waals surface area contributed by atoms with Crippen LogP contribution in [0.2, 0.25) is 0 Å². The van der Waals surface area contributed by atoms with Crippen molar-refractivity contribution in [3.05, 3.63) is 47.4 Å². The number of fused-ring (bicyclic) bond motifs is 1. The molecular weight excluding hydrogens is 307 g/mol. The van der Waals surface area contributed by atoms with Gasteiger partial charge in [-0.3, -0.25) is 0 Å². The molecule has 0 fully saturated rings. The van der Waals surface area contributed by atoms with Gasteiger partial charge in [-0.1, -0.05) is 12.1 Å². The molecule has 3 aromatic rings. The van der Waals surface area contributed by atoms with Crippen LogP contribution in [0.25, 0.3) is 16.8 Å². The first-order valence-corrected chi connectivity index (χ1v) is 6.90. The molecule has 0 aliphatic carbocycles. The summed E-state index contributed by atoms with van der Waals surface area (Å²) in [7, 11) is 1.50. The van der Waals surface area contributed by atoms with Gasteiger partial charge in [0.2, 0.25) is 0 Å². The van der Waals surface area contributed by atoms with E-state index in [4.69, 9.17) is 4.74 Å². The number of aryl methyl sites for hydroxylation is 2. The predicted octanol–water partition coefficient (Wildman–Crippen LogP) is 4.04. The lowest BCUT2D eigenvalue weighted by Crippen LogP contribution is -2.08. The minimum absolute atomic E-state index is 0.0213. The summed E-state index contributed by atoms with van der Waals surface area (Å²) < 4.78 is 46.5. The maximum absolute atomic E-state index is 13.4. The highest BCUT2D eigenvalue weighted by atomic mass is 19.4. The summed E-state index contributed by atoms with van der Waals surface area (Å²) in [6.45, 7) is 3.44. The predicted molar refractivity (Wildman–Crippen MR) is 79.5 cm³/mol. The van der Waals surface area contributed by atoms with E-state index in [9.17, 15) is 13.2 Å². The number of aromatic nitrogens is 3. The van der Waals surface area contributed by atoms with Gasteiger partial charge in [-0.2, -0.15) is 18.3 Å². The van der Waals surface area contributed by atoms with Crippen LogP contribution >= 0.6 is 0 Å². The van der Waals surface area contributed by atoms with Gasteiger partial charge in [-0.05, 0) is 37.6 Å². The highest BCUT2D eigenvalue weighted by Crippen LogP contribution is 2.39. The molecular formula is C16H14F3N3O. The van der Waals surface area contributed by atoms with Crippen molar-refractivity contribution in [3.8, 4) is 16.9 Å². The molecule has 4 nitrogen and oxygen atoms in total. The second-order valence-corrected chi connectivity index (χ2v) is 5.22. The quantitative estimate of drug-likeness (QED) is 0.715. The maximum atomic E-state index is 13.4. The second-order valence-electron chi connectivity index (χ2n) is 5.22. The topological polar surface area (TPSA) is 39.4 Å². The van der Waals surface area contributed by atoms with Gasteiger partial charge in [-0.15, -0.1) is 0 Å². The normalized spacial score (nSPS) is 11.9. The Kier molecular flexibility index (Phi) is 3.50. The van der Waals surface area contributed by atoms with Gasteiger partial charge >= 0.3 is 6.18 Å². The van der Waals surface area contributed by atoms with Crippen molar-refractivity contribution in [2.24, 2.45) is 0 Å². The molecule has 2 heterocycles. The molecule has 0 amide bonds. The molecule has 0 saturated heterocycles. The number of nitrogens with zero attached hydrogens (tertiary/aromatic N) is 3. The monoisotopic (exact) mass is 321 g/mol. The minimum Gasteiger partial charge on any atom is -0.497 e. The molecule has 7 heteroatoms. The van der Waals surface area contributed by atoms with E-state index in [0.29, 0.717) is 22.7 Å². The molecule has 0 spiro atoms. The van der Waals surface area contributed by atoms with Crippen molar-refractivity contribution in [1.82, 2.24) is 14.6 Å². The van der Waals surface area contributed by atoms with Gasteiger partial charge in [0, 0.05) is 11.4 Å². The van der Waals surface area contributed by atoms with Crippen molar-refractivity contribution in [2.75, 3.05) is 7.11 Å². The Hall–Kier alpha value is -2.57. The summed E-state index contributed by atoms with van der Waals surface area (Å²) >= 11 is 0. The van der Waals surface area contributed by atoms with Crippen LogP contribution in [0, 0.1) is 13.8 Å². The number of hydrogen-bond acceptors (Lipinski definition) is 3. The van der Waals surface area contributed by atoms with Crippen LogP contribution in [-0.4, -0.2) is 21.7 Å². The fourth-order valence-corrected chi connectivity index (χ4v) is 2.54. The number of rotatable bonds is 2. The Labute approximate surface area is 130 Å². The zero-order chi connectivity index (χ0) is 16.8. The third kappa shape index (κ3) is 2.62. The fraction of sp³-hybridized carbons (Fsp3) is 0.250. The Bertz CT molecular complexity index is 867. The molecule has 0 atom stereocenters. The molecule has 0 bridgehead atoms. The van der Waals surface area contributed by atoms with Gasteiger partial charge in [0.1, 0.15) is 5.75 Å². The van der Waals surface area contributed by atoms with Crippen LogP contribution in [0.3, 0.4) is 0 Å². The minimum atomic E-state index is -4.57. The SMILES string of the molecule is COc1ccc(-c2c(C(F)(F)F)nn3c(C)cc(C)nc23)cc1. The molecule has 0 radical (unpaired) electrons. The van der Waals surface area contributed by atoms with E-state index in [1.807, 2.05) is 0 Å². The van der Waals surface area contributed by atoms with E-state index in [2.05, 4.69) is 10.1 Å². The molecule has 0 saturated carbocycles. The Morgan fingerprint density at radius 3 is 2.30 bits per heavy atom. The number of hydrogen-bond donors (Lipinski definition) is 0. The first kappa shape index (κ1) is 15.3. The van der Waals surface area contributed by atoms with Crippen LogP contribution in [0.4, 0.5) is 13.2 Å². The third-order valence-electron chi connectivity index (χ3n) is 3.54. The average molecular weight is 321 g/mol. The number of methoxy groups -OCH3 is 1. The van der Waals surface area contributed by atoms with Crippen molar-refractivity contribution in [2.45, 2.75) is 20.0 Å². The van der Waals surface area contributed by atoms with E-state index >= 15 is 0 Å². The van der Waals surface area contributed by atoms with Crippen LogP contribution in [0.1, 0.15) is 17.1 Å². The lowest BCUT2D eigenvalue weighted by molar-refractivity contribution is -0.140. The average Bonchev–Trinajstić information content (AvgIpc) is 2.87. The molecule has 0 unspecified atom stereocenters. The molecule has 120 valence electrons. The molecule has 23 heavy (non-hydrogen) atoms. The molecule has 2 aromatic heterocycles. The fourth-order valence-electron chi connectivity index (χ4n) is 2.54. The summed E-state index contributed by atoms with van der Waals surface area (Å²) in [5.41, 5.74) is 0.859. The Balaban J connectivity index is 2.35. The number of halogens is 3. The summed E-state index contributed by atoms with van der Waals surface area (Å²) in [5, 5.41) is 3.74. The zero-order valence-corrected chi connectivity index (χ0v) is 12.8. The lowest BCUT2D eigenvalue weighted by atomic mass is 10.1. The van der Waals surface area contributed by atoms with Crippen molar-refractivity contribution in [1.29, 1.82) is 0 Å². The first-order chi connectivity index (χ1) is 10.8. The smallest absolute Gasteiger partial charge is 0.435 e. The largest absolute Gasteiger partial charge is 0.497 e. The second kappa shape index (κ2) is 5.26. The summed E-state index contributed by atoms with van der Waals surface area (Å²) in [5.74, 6) is 0.569. The zero-order valence-electron chi connectivity index (χ0n) is 12.8. The summed E-state index contributed by atoms with van der Waals surface area (Å²) in [6, 6.07) is 8.07. The summed E-state index contributed by atoms with van der Waals surface area (Å²) in [4.78, 5) is 4.26. The third-order valence-corrected chi connectivity index (χ3v) is 3.54.